The lowest BCUT2D eigenvalue weighted by molar-refractivity contribution is 0.0237. The summed E-state index contributed by atoms with van der Waals surface area (Å²) in [5.74, 6) is 1.00. The molecule has 1 unspecified atom stereocenters. The zero-order chi connectivity index (χ0) is 12.6. The molecule has 0 amide bonds. The lowest BCUT2D eigenvalue weighted by Crippen LogP contribution is -2.25. The fourth-order valence-electron chi connectivity index (χ4n) is 3.63. The zero-order valence-electron chi connectivity index (χ0n) is 11.1. The molecule has 2 aliphatic rings. The molecule has 3 rings (SSSR count). The quantitative estimate of drug-likeness (QED) is 0.882. The highest BCUT2D eigenvalue weighted by Gasteiger charge is 2.39. The Hall–Kier alpha value is -1.02. The Morgan fingerprint density at radius 1 is 1.33 bits per heavy atom. The number of aliphatic hydroxyl groups excluding tert-OH is 1. The first-order valence-electron chi connectivity index (χ1n) is 7.19. The SMILES string of the molecule is CCC1(C(O)c2ccc3c(c2)CCO3)CCCC1. The van der Waals surface area contributed by atoms with Crippen molar-refractivity contribution >= 4 is 0 Å². The van der Waals surface area contributed by atoms with E-state index >= 15 is 0 Å². The van der Waals surface area contributed by atoms with E-state index in [9.17, 15) is 5.11 Å². The van der Waals surface area contributed by atoms with Gasteiger partial charge in [0.15, 0.2) is 0 Å². The smallest absolute Gasteiger partial charge is 0.122 e. The normalized spacial score (nSPS) is 22.6. The van der Waals surface area contributed by atoms with Crippen molar-refractivity contribution in [3.05, 3.63) is 29.3 Å². The molecule has 0 radical (unpaired) electrons. The maximum absolute atomic E-state index is 10.8. The Morgan fingerprint density at radius 3 is 2.83 bits per heavy atom. The van der Waals surface area contributed by atoms with Crippen molar-refractivity contribution < 1.29 is 9.84 Å². The van der Waals surface area contributed by atoms with E-state index in [-0.39, 0.29) is 11.5 Å². The van der Waals surface area contributed by atoms with Crippen molar-refractivity contribution in [2.24, 2.45) is 5.41 Å². The maximum atomic E-state index is 10.8. The summed E-state index contributed by atoms with van der Waals surface area (Å²) in [6, 6.07) is 6.23. The van der Waals surface area contributed by atoms with E-state index in [0.717, 1.165) is 43.6 Å². The van der Waals surface area contributed by atoms with E-state index in [1.54, 1.807) is 0 Å². The highest BCUT2D eigenvalue weighted by molar-refractivity contribution is 5.40. The lowest BCUT2D eigenvalue weighted by atomic mass is 9.75. The van der Waals surface area contributed by atoms with Crippen molar-refractivity contribution in [1.29, 1.82) is 0 Å². The van der Waals surface area contributed by atoms with E-state index in [4.69, 9.17) is 4.74 Å². The third kappa shape index (κ3) is 1.83. The molecule has 1 aromatic rings. The van der Waals surface area contributed by atoms with Gasteiger partial charge in [-0.15, -0.1) is 0 Å². The van der Waals surface area contributed by atoms with E-state index in [1.165, 1.54) is 18.4 Å². The molecule has 98 valence electrons. The molecule has 1 N–H and O–H groups in total. The first kappa shape index (κ1) is 12.0. The third-order valence-corrected chi connectivity index (χ3v) is 4.91. The van der Waals surface area contributed by atoms with Gasteiger partial charge in [-0.25, -0.2) is 0 Å². The molecule has 0 saturated heterocycles. The van der Waals surface area contributed by atoms with E-state index in [1.807, 2.05) is 12.1 Å². The fraction of sp³-hybridized carbons (Fsp3) is 0.625. The number of ether oxygens (including phenoxy) is 1. The molecule has 1 fully saturated rings. The van der Waals surface area contributed by atoms with Crippen molar-refractivity contribution in [2.45, 2.75) is 51.6 Å². The van der Waals surface area contributed by atoms with Crippen LogP contribution in [0.25, 0.3) is 0 Å². The number of fused-ring (bicyclic) bond motifs is 1. The second kappa shape index (κ2) is 4.58. The van der Waals surface area contributed by atoms with Gasteiger partial charge in [0, 0.05) is 11.8 Å². The number of hydrogen-bond acceptors (Lipinski definition) is 2. The van der Waals surface area contributed by atoms with Gasteiger partial charge in [-0.05, 0) is 42.5 Å². The van der Waals surface area contributed by atoms with Crippen LogP contribution in [-0.2, 0) is 6.42 Å². The molecule has 1 aliphatic carbocycles. The van der Waals surface area contributed by atoms with Crippen LogP contribution in [0.4, 0.5) is 0 Å². The van der Waals surface area contributed by atoms with Gasteiger partial charge >= 0.3 is 0 Å². The number of aliphatic hydroxyl groups is 1. The van der Waals surface area contributed by atoms with Crippen molar-refractivity contribution in [3.63, 3.8) is 0 Å². The van der Waals surface area contributed by atoms with E-state index in [2.05, 4.69) is 13.0 Å². The topological polar surface area (TPSA) is 29.5 Å². The minimum Gasteiger partial charge on any atom is -0.493 e. The molecule has 1 aromatic carbocycles. The van der Waals surface area contributed by atoms with Crippen LogP contribution in [0.1, 0.15) is 56.3 Å². The molecule has 0 aromatic heterocycles. The van der Waals surface area contributed by atoms with Crippen LogP contribution in [0.2, 0.25) is 0 Å². The first-order chi connectivity index (χ1) is 8.75. The average molecular weight is 246 g/mol. The van der Waals surface area contributed by atoms with Crippen molar-refractivity contribution in [1.82, 2.24) is 0 Å². The molecule has 1 atom stereocenters. The maximum Gasteiger partial charge on any atom is 0.122 e. The van der Waals surface area contributed by atoms with Gasteiger partial charge in [0.25, 0.3) is 0 Å². The van der Waals surface area contributed by atoms with Gasteiger partial charge in [0.1, 0.15) is 5.75 Å². The summed E-state index contributed by atoms with van der Waals surface area (Å²) in [6.45, 7) is 3.00. The molecular formula is C16H22O2. The van der Waals surface area contributed by atoms with Gasteiger partial charge < -0.3 is 9.84 Å². The highest BCUT2D eigenvalue weighted by Crippen LogP contribution is 2.50. The molecule has 0 bridgehead atoms. The molecule has 1 heterocycles. The summed E-state index contributed by atoms with van der Waals surface area (Å²) in [7, 11) is 0. The Balaban J connectivity index is 1.89. The highest BCUT2D eigenvalue weighted by atomic mass is 16.5. The van der Waals surface area contributed by atoms with Crippen LogP contribution in [-0.4, -0.2) is 11.7 Å². The molecule has 1 aliphatic heterocycles. The van der Waals surface area contributed by atoms with Crippen LogP contribution in [0.5, 0.6) is 5.75 Å². The average Bonchev–Trinajstić information content (AvgIpc) is 3.06. The third-order valence-electron chi connectivity index (χ3n) is 4.91. The Bertz CT molecular complexity index is 433. The molecular weight excluding hydrogens is 224 g/mol. The van der Waals surface area contributed by atoms with Crippen LogP contribution in [0, 0.1) is 5.41 Å². The van der Waals surface area contributed by atoms with E-state index in [0.29, 0.717) is 0 Å². The van der Waals surface area contributed by atoms with Crippen LogP contribution in [0.3, 0.4) is 0 Å². The molecule has 2 nitrogen and oxygen atoms in total. The van der Waals surface area contributed by atoms with Crippen LogP contribution >= 0.6 is 0 Å². The summed E-state index contributed by atoms with van der Waals surface area (Å²) in [4.78, 5) is 0. The summed E-state index contributed by atoms with van der Waals surface area (Å²) < 4.78 is 5.53. The summed E-state index contributed by atoms with van der Waals surface area (Å²) in [6.07, 6.45) is 6.60. The van der Waals surface area contributed by atoms with Gasteiger partial charge in [0.2, 0.25) is 0 Å². The van der Waals surface area contributed by atoms with E-state index < -0.39 is 0 Å². The molecule has 0 spiro atoms. The summed E-state index contributed by atoms with van der Waals surface area (Å²) in [5, 5.41) is 10.8. The Labute approximate surface area is 109 Å². The number of benzene rings is 1. The standard InChI is InChI=1S/C16H22O2/c1-2-16(8-3-4-9-16)15(17)13-5-6-14-12(11-13)7-10-18-14/h5-6,11,15,17H,2-4,7-10H2,1H3. The lowest BCUT2D eigenvalue weighted by Gasteiger charge is -2.33. The second-order valence-electron chi connectivity index (χ2n) is 5.79. The summed E-state index contributed by atoms with van der Waals surface area (Å²) >= 11 is 0. The predicted molar refractivity (Wildman–Crippen MR) is 71.8 cm³/mol. The minimum absolute atomic E-state index is 0.119. The van der Waals surface area contributed by atoms with Gasteiger partial charge in [-0.2, -0.15) is 0 Å². The molecule has 1 saturated carbocycles. The Morgan fingerprint density at radius 2 is 2.11 bits per heavy atom. The first-order valence-corrected chi connectivity index (χ1v) is 7.19. The van der Waals surface area contributed by atoms with Gasteiger partial charge in [-0.3, -0.25) is 0 Å². The number of rotatable bonds is 3. The van der Waals surface area contributed by atoms with Crippen molar-refractivity contribution in [3.8, 4) is 5.75 Å². The monoisotopic (exact) mass is 246 g/mol. The fourth-order valence-corrected chi connectivity index (χ4v) is 3.63. The zero-order valence-corrected chi connectivity index (χ0v) is 11.1. The van der Waals surface area contributed by atoms with Crippen molar-refractivity contribution in [2.75, 3.05) is 6.61 Å². The second-order valence-corrected chi connectivity index (χ2v) is 5.79. The van der Waals surface area contributed by atoms with Crippen LogP contribution in [0.15, 0.2) is 18.2 Å². The Kier molecular flexibility index (Phi) is 3.06. The predicted octanol–water partition coefficient (Wildman–Crippen LogP) is 3.63. The van der Waals surface area contributed by atoms with Crippen LogP contribution < -0.4 is 4.74 Å². The number of hydrogen-bond donors (Lipinski definition) is 1. The van der Waals surface area contributed by atoms with Gasteiger partial charge in [-0.1, -0.05) is 25.8 Å². The summed E-state index contributed by atoms with van der Waals surface area (Å²) in [5.41, 5.74) is 2.46. The molecule has 18 heavy (non-hydrogen) atoms. The molecule has 2 heteroatoms. The minimum atomic E-state index is -0.309. The van der Waals surface area contributed by atoms with Gasteiger partial charge in [0.05, 0.1) is 12.7 Å². The largest absolute Gasteiger partial charge is 0.493 e.